The molecule has 19 nitrogen and oxygen atoms in total. The molecule has 0 bridgehead atoms. The molecule has 0 radical (unpaired) electrons. The van der Waals surface area contributed by atoms with Gasteiger partial charge in [0.05, 0.1) is 65.4 Å². The number of hydrogen-bond acceptors (Lipinski definition) is 11. The van der Waals surface area contributed by atoms with E-state index in [-0.39, 0.29) is 53.1 Å². The molecule has 440 valence electrons. The number of aromatic nitrogens is 12. The zero-order valence-electron chi connectivity index (χ0n) is 46.5. The van der Waals surface area contributed by atoms with E-state index in [9.17, 15) is 32.3 Å². The van der Waals surface area contributed by atoms with Crippen LogP contribution in [0.25, 0.3) is 39.7 Å². The van der Waals surface area contributed by atoms with Crippen LogP contribution < -0.4 is 16.4 Å². The van der Waals surface area contributed by atoms with E-state index in [4.69, 9.17) is 21.8 Å². The van der Waals surface area contributed by atoms with Gasteiger partial charge in [0.25, 0.3) is 22.9 Å². The number of hydrogen-bond donors (Lipinski definition) is 1. The molecule has 0 fully saturated rings. The second kappa shape index (κ2) is 22.3. The average molecular weight is 1330 g/mol. The van der Waals surface area contributed by atoms with E-state index < -0.39 is 17.6 Å². The van der Waals surface area contributed by atoms with Crippen LogP contribution in [0.4, 0.5) is 19.1 Å². The number of nitrogens with one attached hydrogen (secondary N) is 1. The Labute approximate surface area is 519 Å². The molecular weight excluding hydrogens is 1280 g/mol. The molecule has 2 aliphatic heterocycles. The highest BCUT2D eigenvalue weighted by atomic mass is 79.9. The SMILES string of the molecule is CNc1nnc2cc(-n3c(=O)c4c(n5ncc(Cc6cccc(Cn7cnnc7-c7ccc(-n8c(=O)c9c(n%10ncc(Cc%11ccccc%11)c8%10)CN(C(=O)c8ccc(Br)c(C(F)(F)F)c8)CC9)cc7)c6)c35)CN(C(=O)c3ccc(Br)c(Cl)c3)CC4)ccn12. The van der Waals surface area contributed by atoms with Crippen molar-refractivity contribution >= 4 is 78.2 Å². The van der Waals surface area contributed by atoms with E-state index in [0.717, 1.165) is 39.4 Å². The Morgan fingerprint density at radius 1 is 0.648 bits per heavy atom. The largest absolute Gasteiger partial charge is 0.417 e. The average Bonchev–Trinajstić information content (AvgIpc) is 1.49. The third-order valence-corrected chi connectivity index (χ3v) is 18.2. The Morgan fingerprint density at radius 2 is 1.25 bits per heavy atom. The van der Waals surface area contributed by atoms with E-state index in [1.54, 1.807) is 71.4 Å². The molecule has 88 heavy (non-hydrogen) atoms. The zero-order valence-corrected chi connectivity index (χ0v) is 50.4. The summed E-state index contributed by atoms with van der Waals surface area (Å²) in [4.78, 5) is 61.0. The summed E-state index contributed by atoms with van der Waals surface area (Å²) in [5.74, 6) is 0.301. The molecule has 0 saturated carbocycles. The fraction of sp³-hybridized carbons (Fsp3) is 0.175. The minimum atomic E-state index is -4.68. The number of anilines is 1. The standard InChI is InChI=1S/C63H47Br2ClF3N15O4/c1-70-62-76-74-54-29-45(18-23-80(54)62)82-57-43(31-73-84(57)53-34-78(22-20-47(53)61(82)88)59(86)41-13-17-50(65)51(66)28-41)26-37-8-5-9-38(24-37)32-79-35-71-75-55(79)39-10-14-44(15-11-39)81-56-42(25-36-6-3-2-4-7-36)30-72-83(56)52-33-77(21-19-46(52)60(81)87)58(85)40-12-16-49(64)48(27-40)63(67,68)69/h2-18,23-24,27-31,35H,19-22,25-26,32-34H2,1H3,(H,70,76). The fourth-order valence-corrected chi connectivity index (χ4v) is 12.9. The highest BCUT2D eigenvalue weighted by Gasteiger charge is 2.36. The van der Waals surface area contributed by atoms with Crippen molar-refractivity contribution < 1.29 is 22.8 Å². The summed E-state index contributed by atoms with van der Waals surface area (Å²) in [7, 11) is 1.76. The van der Waals surface area contributed by atoms with Crippen LogP contribution in [0.5, 0.6) is 0 Å². The van der Waals surface area contributed by atoms with Gasteiger partial charge in [-0.25, -0.2) is 9.03 Å². The Morgan fingerprint density at radius 3 is 1.89 bits per heavy atom. The monoisotopic (exact) mass is 1330 g/mol. The summed E-state index contributed by atoms with van der Waals surface area (Å²) in [6, 6.07) is 37.5. The third-order valence-electron chi connectivity index (χ3n) is 16.2. The van der Waals surface area contributed by atoms with Crippen molar-refractivity contribution in [2.45, 2.75) is 51.5 Å². The second-order valence-corrected chi connectivity index (χ2v) is 23.7. The lowest BCUT2D eigenvalue weighted by molar-refractivity contribution is -0.138. The number of amides is 2. The Balaban J connectivity index is 0.767. The highest BCUT2D eigenvalue weighted by molar-refractivity contribution is 9.10. The summed E-state index contributed by atoms with van der Waals surface area (Å²) < 4.78 is 52.8. The molecule has 12 aromatic rings. The van der Waals surface area contributed by atoms with Gasteiger partial charge >= 0.3 is 6.18 Å². The molecule has 0 unspecified atom stereocenters. The number of pyridine rings is 1. The summed E-state index contributed by atoms with van der Waals surface area (Å²) in [6.07, 6.45) is 3.53. The normalized spacial score (nSPS) is 13.4. The molecule has 0 spiro atoms. The first-order valence-electron chi connectivity index (χ1n) is 27.9. The summed E-state index contributed by atoms with van der Waals surface area (Å²) in [6.45, 7) is 0.883. The lowest BCUT2D eigenvalue weighted by Crippen LogP contribution is -2.41. The Bertz CT molecular complexity index is 4940. The van der Waals surface area contributed by atoms with Crippen LogP contribution in [0.2, 0.25) is 5.02 Å². The number of fused-ring (bicyclic) bond motifs is 7. The van der Waals surface area contributed by atoms with Crippen LogP contribution >= 0.6 is 43.5 Å². The smallest absolute Gasteiger partial charge is 0.357 e. The quantitative estimate of drug-likeness (QED) is 0.122. The van der Waals surface area contributed by atoms with E-state index in [1.807, 2.05) is 95.7 Å². The van der Waals surface area contributed by atoms with Crippen molar-refractivity contribution in [2.24, 2.45) is 0 Å². The molecule has 7 aromatic heterocycles. The minimum absolute atomic E-state index is 0.0534. The van der Waals surface area contributed by atoms with Crippen LogP contribution in [-0.2, 0) is 51.5 Å². The van der Waals surface area contributed by atoms with Gasteiger partial charge in [0.2, 0.25) is 5.95 Å². The van der Waals surface area contributed by atoms with Gasteiger partial charge in [0.15, 0.2) is 11.5 Å². The van der Waals surface area contributed by atoms with Crippen LogP contribution in [0.15, 0.2) is 171 Å². The first-order chi connectivity index (χ1) is 42.6. The number of alkyl halides is 3. The molecule has 14 rings (SSSR count). The maximum atomic E-state index is 15.0. The lowest BCUT2D eigenvalue weighted by atomic mass is 10.0. The predicted octanol–water partition coefficient (Wildman–Crippen LogP) is 10.5. The fourth-order valence-electron chi connectivity index (χ4n) is 12.0. The summed E-state index contributed by atoms with van der Waals surface area (Å²) in [5.41, 5.74) is 8.71. The van der Waals surface area contributed by atoms with Gasteiger partial charge in [-0.2, -0.15) is 23.4 Å². The second-order valence-electron chi connectivity index (χ2n) is 21.6. The zero-order chi connectivity index (χ0) is 60.7. The highest BCUT2D eigenvalue weighted by Crippen LogP contribution is 2.37. The number of halogens is 6. The van der Waals surface area contributed by atoms with Gasteiger partial charge in [0, 0.05) is 93.1 Å². The Hall–Kier alpha value is -9.52. The van der Waals surface area contributed by atoms with Crippen LogP contribution in [-0.4, -0.2) is 99.5 Å². The van der Waals surface area contributed by atoms with Crippen molar-refractivity contribution in [3.63, 3.8) is 0 Å². The first-order valence-corrected chi connectivity index (χ1v) is 29.8. The summed E-state index contributed by atoms with van der Waals surface area (Å²) >= 11 is 12.8. The molecular formula is C63H47Br2ClF3N15O4. The number of nitrogens with zero attached hydrogens (tertiary/aromatic N) is 14. The first kappa shape index (κ1) is 56.3. The predicted molar refractivity (Wildman–Crippen MR) is 329 cm³/mol. The minimum Gasteiger partial charge on any atom is -0.357 e. The van der Waals surface area contributed by atoms with Crippen LogP contribution in [0.1, 0.15) is 76.6 Å². The summed E-state index contributed by atoms with van der Waals surface area (Å²) in [5, 5.41) is 30.7. The van der Waals surface area contributed by atoms with E-state index in [0.29, 0.717) is 110 Å². The van der Waals surface area contributed by atoms with Crippen molar-refractivity contribution in [1.82, 2.24) is 67.5 Å². The van der Waals surface area contributed by atoms with Gasteiger partial charge in [-0.3, -0.25) is 32.7 Å². The maximum absolute atomic E-state index is 15.0. The van der Waals surface area contributed by atoms with Crippen LogP contribution in [0, 0.1) is 0 Å². The van der Waals surface area contributed by atoms with Gasteiger partial charge in [-0.05, 0) is 112 Å². The number of carbonyl (C=O) groups is 2. The molecule has 1 N–H and O–H groups in total. The van der Waals surface area contributed by atoms with Gasteiger partial charge in [-0.1, -0.05) is 82.1 Å². The van der Waals surface area contributed by atoms with Crippen molar-refractivity contribution in [3.8, 4) is 22.8 Å². The molecule has 9 heterocycles. The van der Waals surface area contributed by atoms with Gasteiger partial charge in [-0.15, -0.1) is 20.4 Å². The maximum Gasteiger partial charge on any atom is 0.417 e. The van der Waals surface area contributed by atoms with Crippen molar-refractivity contribution in [1.29, 1.82) is 0 Å². The van der Waals surface area contributed by atoms with Crippen LogP contribution in [0.3, 0.4) is 0 Å². The Kier molecular flexibility index (Phi) is 14.3. The van der Waals surface area contributed by atoms with Crippen molar-refractivity contribution in [2.75, 3.05) is 25.5 Å². The molecule has 2 amide bonds. The molecule has 5 aromatic carbocycles. The number of benzene rings is 5. The molecule has 25 heteroatoms. The molecule has 0 aliphatic carbocycles. The van der Waals surface area contributed by atoms with Gasteiger partial charge < -0.3 is 19.7 Å². The van der Waals surface area contributed by atoms with E-state index in [1.165, 1.54) is 17.0 Å². The number of carbonyl (C=O) groups excluding carboxylic acids is 2. The van der Waals surface area contributed by atoms with Gasteiger partial charge in [0.1, 0.15) is 17.6 Å². The molecule has 0 saturated heterocycles. The number of rotatable bonds is 12. The lowest BCUT2D eigenvalue weighted by Gasteiger charge is -2.30. The van der Waals surface area contributed by atoms with E-state index >= 15 is 0 Å². The van der Waals surface area contributed by atoms with E-state index in [2.05, 4.69) is 63.6 Å². The topological polar surface area (TPSA) is 192 Å². The van der Waals surface area contributed by atoms with Crippen molar-refractivity contribution in [3.05, 3.63) is 254 Å². The molecule has 2 aliphatic rings. The third kappa shape index (κ3) is 10.0. The molecule has 0 atom stereocenters.